The quantitative estimate of drug-likeness (QED) is 0.0328. The summed E-state index contributed by atoms with van der Waals surface area (Å²) in [7, 11) is 1.78. The molecule has 78 heavy (non-hydrogen) atoms. The van der Waals surface area contributed by atoms with E-state index < -0.39 is 60.7 Å². The molecule has 0 radical (unpaired) electrons. The molecular weight excluding hydrogens is 1080 g/mol. The lowest BCUT2D eigenvalue weighted by Crippen LogP contribution is -2.24. The summed E-state index contributed by atoms with van der Waals surface area (Å²) in [5, 5.41) is 25.2. The summed E-state index contributed by atoms with van der Waals surface area (Å²) in [6.07, 6.45) is 5.68. The zero-order chi connectivity index (χ0) is 57.1. The number of rotatable bonds is 15. The van der Waals surface area contributed by atoms with Crippen LogP contribution in [0.3, 0.4) is 0 Å². The number of aryl methyl sites for hydroxylation is 2. The Kier molecular flexibility index (Phi) is 17.3. The Morgan fingerprint density at radius 3 is 1.62 bits per heavy atom. The molecule has 0 unspecified atom stereocenters. The van der Waals surface area contributed by atoms with Gasteiger partial charge in [-0.2, -0.15) is 10.2 Å². The van der Waals surface area contributed by atoms with Crippen LogP contribution in [0.5, 0.6) is 0 Å². The number of benzene rings is 4. The predicted octanol–water partition coefficient (Wildman–Crippen LogP) is 12.4. The molecule has 4 aromatic carbocycles. The lowest BCUT2D eigenvalue weighted by Gasteiger charge is -2.20. The van der Waals surface area contributed by atoms with Crippen LogP contribution >= 0.6 is 23.2 Å². The van der Waals surface area contributed by atoms with E-state index in [4.69, 9.17) is 37.8 Å². The maximum Gasteiger partial charge on any atom is 0.340 e. The number of anilines is 2. The first-order chi connectivity index (χ1) is 36.6. The minimum absolute atomic E-state index is 0.0486. The summed E-state index contributed by atoms with van der Waals surface area (Å²) < 4.78 is 76.1. The largest absolute Gasteiger partial charge is 0.478 e. The molecule has 0 aliphatic heterocycles. The highest BCUT2D eigenvalue weighted by Gasteiger charge is 2.26. The number of esters is 1. The van der Waals surface area contributed by atoms with Gasteiger partial charge >= 0.3 is 11.9 Å². The van der Waals surface area contributed by atoms with Crippen molar-refractivity contribution in [3.05, 3.63) is 153 Å². The first kappa shape index (κ1) is 57.8. The number of carbonyl (C=O) groups excluding carboxylic acids is 3. The predicted molar refractivity (Wildman–Crippen MR) is 290 cm³/mol. The number of ether oxygens (including phenoxy) is 2. The Morgan fingerprint density at radius 1 is 0.692 bits per heavy atom. The van der Waals surface area contributed by atoms with Gasteiger partial charge in [0.05, 0.1) is 56.3 Å². The van der Waals surface area contributed by atoms with Crippen LogP contribution in [0.15, 0.2) is 85.5 Å². The fourth-order valence-electron chi connectivity index (χ4n) is 7.90. The van der Waals surface area contributed by atoms with Gasteiger partial charge in [0.1, 0.15) is 12.3 Å². The lowest BCUT2D eigenvalue weighted by atomic mass is 10.0. The van der Waals surface area contributed by atoms with E-state index in [0.717, 1.165) is 6.04 Å². The van der Waals surface area contributed by atoms with Gasteiger partial charge in [0.2, 0.25) is 0 Å². The molecular formula is C54H54Cl2F4N10O7Si. The summed E-state index contributed by atoms with van der Waals surface area (Å²) >= 11 is 12.2. The van der Waals surface area contributed by atoms with E-state index in [0.29, 0.717) is 34.8 Å². The van der Waals surface area contributed by atoms with Gasteiger partial charge in [-0.05, 0) is 89.2 Å². The number of carboxylic acid groups (broad SMARTS) is 1. The number of aromatic amines is 1. The van der Waals surface area contributed by atoms with Crippen LogP contribution in [0.1, 0.15) is 74.1 Å². The van der Waals surface area contributed by atoms with Gasteiger partial charge in [-0.1, -0.05) is 55.0 Å². The van der Waals surface area contributed by atoms with E-state index in [1.165, 1.54) is 102 Å². The van der Waals surface area contributed by atoms with Crippen molar-refractivity contribution in [2.24, 2.45) is 14.1 Å². The maximum absolute atomic E-state index is 15.5. The van der Waals surface area contributed by atoms with E-state index >= 15 is 8.78 Å². The molecule has 0 saturated carbocycles. The molecule has 408 valence electrons. The van der Waals surface area contributed by atoms with Crippen LogP contribution in [0, 0.1) is 37.1 Å². The number of imidazole rings is 2. The number of aromatic carboxylic acids is 1. The third kappa shape index (κ3) is 13.1. The Bertz CT molecular complexity index is 3620. The van der Waals surface area contributed by atoms with Crippen LogP contribution in [0.25, 0.3) is 44.8 Å². The second kappa shape index (κ2) is 23.4. The molecule has 4 N–H and O–H groups in total. The number of hydrogen-bond donors (Lipinski definition) is 4. The smallest absolute Gasteiger partial charge is 0.340 e. The SMILES string of the molecule is Cc1n[nH]cc1-c1ccc(-c2cnc(C(=O)Nc3ccc(C(=O)O)c(Cl)c3)n2C)c(F)c1F.Cc1nn(COCC[Si](C)(C)C)cc1-c1ccc(-c2cnc(C(=O)Nc3ccc(C(=O)OC(C)(C)C)c(Cl)c3)n2C)c(F)c1F. The van der Waals surface area contributed by atoms with E-state index in [9.17, 15) is 28.0 Å². The van der Waals surface area contributed by atoms with Crippen molar-refractivity contribution in [2.45, 2.75) is 72.6 Å². The maximum atomic E-state index is 15.5. The number of hydrogen-bond acceptors (Lipinski definition) is 10. The van der Waals surface area contributed by atoms with Crippen molar-refractivity contribution in [1.82, 2.24) is 39.1 Å². The first-order valence-electron chi connectivity index (χ1n) is 24.0. The highest BCUT2D eigenvalue weighted by atomic mass is 35.5. The normalized spacial score (nSPS) is 11.5. The molecule has 0 spiro atoms. The average Bonchev–Trinajstić information content (AvgIpc) is 4.16. The molecule has 0 bridgehead atoms. The summed E-state index contributed by atoms with van der Waals surface area (Å²) in [5.41, 5.74) is 2.23. The zero-order valence-electron chi connectivity index (χ0n) is 44.0. The van der Waals surface area contributed by atoms with Crippen molar-refractivity contribution < 1.29 is 51.3 Å². The molecule has 8 aromatic rings. The number of amides is 2. The second-order valence-corrected chi connectivity index (χ2v) is 26.6. The monoisotopic (exact) mass is 1130 g/mol. The molecule has 0 aliphatic rings. The third-order valence-electron chi connectivity index (χ3n) is 12.0. The number of halogens is 6. The average molecular weight is 1130 g/mol. The summed E-state index contributed by atoms with van der Waals surface area (Å²) in [4.78, 5) is 57.4. The second-order valence-electron chi connectivity index (χ2n) is 20.1. The molecule has 0 atom stereocenters. The molecule has 0 aliphatic carbocycles. The fourth-order valence-corrected chi connectivity index (χ4v) is 9.18. The van der Waals surface area contributed by atoms with Gasteiger partial charge in [0.15, 0.2) is 34.9 Å². The van der Waals surface area contributed by atoms with Crippen molar-refractivity contribution in [3.8, 4) is 44.8 Å². The molecule has 0 fully saturated rings. The number of H-pyrrole nitrogens is 1. The molecule has 4 heterocycles. The number of aromatic nitrogens is 8. The van der Waals surface area contributed by atoms with Crippen molar-refractivity contribution >= 4 is 66.4 Å². The van der Waals surface area contributed by atoms with Crippen LogP contribution < -0.4 is 10.6 Å². The Labute approximate surface area is 456 Å². The van der Waals surface area contributed by atoms with Gasteiger partial charge in [-0.15, -0.1) is 0 Å². The number of carboxylic acids is 1. The van der Waals surface area contributed by atoms with Crippen molar-refractivity contribution in [3.63, 3.8) is 0 Å². The molecule has 2 amide bonds. The molecule has 24 heteroatoms. The van der Waals surface area contributed by atoms with E-state index in [-0.39, 0.29) is 78.9 Å². The Morgan fingerprint density at radius 2 is 1.17 bits per heavy atom. The number of nitrogens with one attached hydrogen (secondary N) is 3. The third-order valence-corrected chi connectivity index (χ3v) is 14.3. The van der Waals surface area contributed by atoms with E-state index in [1.54, 1.807) is 45.5 Å². The van der Waals surface area contributed by atoms with Gasteiger partial charge < -0.3 is 34.3 Å². The summed E-state index contributed by atoms with van der Waals surface area (Å²) in [6.45, 7) is 16.2. The molecule has 17 nitrogen and oxygen atoms in total. The van der Waals surface area contributed by atoms with Crippen molar-refractivity contribution in [1.29, 1.82) is 0 Å². The highest BCUT2D eigenvalue weighted by Crippen LogP contribution is 2.35. The molecule has 4 aromatic heterocycles. The van der Waals surface area contributed by atoms with Crippen LogP contribution in [-0.2, 0) is 30.3 Å². The van der Waals surface area contributed by atoms with E-state index in [1.807, 2.05) is 0 Å². The minimum Gasteiger partial charge on any atom is -0.478 e. The van der Waals surface area contributed by atoms with Crippen LogP contribution in [0.2, 0.25) is 35.7 Å². The summed E-state index contributed by atoms with van der Waals surface area (Å²) in [6, 6.07) is 15.1. The number of carbonyl (C=O) groups is 4. The fraction of sp³-hybridized carbons (Fsp3) is 0.259. The van der Waals surface area contributed by atoms with E-state index in [2.05, 4.69) is 55.5 Å². The van der Waals surface area contributed by atoms with Gasteiger partial charge in [0.25, 0.3) is 11.8 Å². The van der Waals surface area contributed by atoms with Gasteiger partial charge in [-0.25, -0.2) is 41.8 Å². The Balaban J connectivity index is 0.000000237. The van der Waals surface area contributed by atoms with Gasteiger partial charge in [-0.3, -0.25) is 14.7 Å². The molecule has 0 saturated heterocycles. The lowest BCUT2D eigenvalue weighted by molar-refractivity contribution is 0.00692. The van der Waals surface area contributed by atoms with Crippen LogP contribution in [-0.4, -0.2) is 88.2 Å². The van der Waals surface area contributed by atoms with Crippen LogP contribution in [0.4, 0.5) is 28.9 Å². The first-order valence-corrected chi connectivity index (χ1v) is 28.4. The Hall–Kier alpha value is -7.92. The minimum atomic E-state index is -1.23. The summed E-state index contributed by atoms with van der Waals surface area (Å²) in [5.74, 6) is -7.42. The molecule has 8 rings (SSSR count). The zero-order valence-corrected chi connectivity index (χ0v) is 46.5. The standard InChI is InChI=1S/C32H38ClF2N5O4Si.C22H16ClF2N5O3/c1-19-24(17-40(38-19)18-43-13-14-45(6,7)8)21-11-12-23(28(35)27(21)34)26-16-36-29(39(26)5)30(41)37-20-9-10-22(25(33)15-20)31(42)44-32(2,3)4;1-10-15(8-27-29-10)12-5-6-14(19(25)18(12)24)17-9-26-20(30(17)2)21(31)28-11-3-4-13(22(32)33)16(23)7-11/h9-12,15-17H,13-14,18H2,1-8H3,(H,37,41);3-9H,1-2H3,(H,27,29)(H,28,31)(H,32,33). The highest BCUT2D eigenvalue weighted by molar-refractivity contribution is 6.76. The number of nitrogens with zero attached hydrogens (tertiary/aromatic N) is 7. The van der Waals surface area contributed by atoms with Gasteiger partial charge in [0, 0.05) is 85.9 Å². The van der Waals surface area contributed by atoms with Crippen molar-refractivity contribution in [2.75, 3.05) is 17.2 Å². The topological polar surface area (TPSA) is 213 Å².